The average Bonchev–Trinajstić information content (AvgIpc) is 3.07. The van der Waals surface area contributed by atoms with Crippen molar-refractivity contribution in [3.8, 4) is 11.3 Å². The molecule has 1 aliphatic carbocycles. The van der Waals surface area contributed by atoms with Gasteiger partial charge in [0.05, 0.1) is 5.69 Å². The summed E-state index contributed by atoms with van der Waals surface area (Å²) in [6.07, 6.45) is 2.31. The van der Waals surface area contributed by atoms with Crippen molar-refractivity contribution in [2.75, 3.05) is 6.54 Å². The van der Waals surface area contributed by atoms with E-state index in [9.17, 15) is 0 Å². The second kappa shape index (κ2) is 3.95. The number of imidazole rings is 1. The molecule has 1 aliphatic rings. The molecule has 0 unspecified atom stereocenters. The summed E-state index contributed by atoms with van der Waals surface area (Å²) in [4.78, 5) is 8.22. The van der Waals surface area contributed by atoms with Crippen LogP contribution in [0.15, 0.2) is 24.3 Å². The highest BCUT2D eigenvalue weighted by Crippen LogP contribution is 2.46. The van der Waals surface area contributed by atoms with Crippen molar-refractivity contribution < 1.29 is 0 Å². The molecule has 0 aliphatic heterocycles. The smallest absolute Gasteiger partial charge is 0.114 e. The van der Waals surface area contributed by atoms with Gasteiger partial charge in [0.2, 0.25) is 0 Å². The van der Waals surface area contributed by atoms with Crippen LogP contribution in [0.1, 0.15) is 29.9 Å². The Balaban J connectivity index is 2.03. The molecule has 1 heterocycles. The molecule has 0 radical (unpaired) electrons. The lowest BCUT2D eigenvalue weighted by Crippen LogP contribution is -2.21. The molecule has 0 amide bonds. The van der Waals surface area contributed by atoms with Crippen LogP contribution in [0.25, 0.3) is 11.3 Å². The first-order chi connectivity index (χ1) is 8.64. The predicted molar refractivity (Wildman–Crippen MR) is 73.5 cm³/mol. The van der Waals surface area contributed by atoms with E-state index in [-0.39, 0.29) is 5.41 Å². The van der Waals surface area contributed by atoms with Crippen LogP contribution in [-0.2, 0) is 5.41 Å². The van der Waals surface area contributed by atoms with E-state index in [4.69, 9.17) is 10.7 Å². The van der Waals surface area contributed by atoms with Crippen LogP contribution in [0.2, 0.25) is 0 Å². The normalized spacial score (nSPS) is 16.8. The molecule has 0 spiro atoms. The zero-order chi connectivity index (χ0) is 12.8. The number of benzene rings is 1. The number of aromatic nitrogens is 2. The summed E-state index contributed by atoms with van der Waals surface area (Å²) in [6, 6.07) is 8.47. The van der Waals surface area contributed by atoms with Gasteiger partial charge in [-0.2, -0.15) is 0 Å². The summed E-state index contributed by atoms with van der Waals surface area (Å²) in [6.45, 7) is 4.88. The van der Waals surface area contributed by atoms with E-state index in [1.165, 1.54) is 11.1 Å². The SMILES string of the molecule is Cc1cccc(-c2nc(C3(CN)CC3)[nH]c2C)c1. The van der Waals surface area contributed by atoms with Crippen molar-refractivity contribution >= 4 is 0 Å². The van der Waals surface area contributed by atoms with Gasteiger partial charge in [-0.05, 0) is 32.8 Å². The largest absolute Gasteiger partial charge is 0.345 e. The molecule has 0 bridgehead atoms. The number of hydrogen-bond acceptors (Lipinski definition) is 2. The molecule has 0 atom stereocenters. The van der Waals surface area contributed by atoms with E-state index in [1.54, 1.807) is 0 Å². The van der Waals surface area contributed by atoms with Gasteiger partial charge in [-0.15, -0.1) is 0 Å². The zero-order valence-electron chi connectivity index (χ0n) is 11.0. The monoisotopic (exact) mass is 241 g/mol. The standard InChI is InChI=1S/C15H19N3/c1-10-4-3-5-12(8-10)13-11(2)17-14(18-13)15(9-16)6-7-15/h3-5,8H,6-7,9,16H2,1-2H3,(H,17,18). The minimum absolute atomic E-state index is 0.132. The first-order valence-electron chi connectivity index (χ1n) is 6.49. The highest BCUT2D eigenvalue weighted by atomic mass is 15.0. The summed E-state index contributed by atoms with van der Waals surface area (Å²) in [5.74, 6) is 1.07. The fraction of sp³-hybridized carbons (Fsp3) is 0.400. The fourth-order valence-corrected chi connectivity index (χ4v) is 2.47. The number of aromatic amines is 1. The van der Waals surface area contributed by atoms with Crippen molar-refractivity contribution in [3.05, 3.63) is 41.3 Å². The lowest BCUT2D eigenvalue weighted by molar-refractivity contribution is 0.658. The summed E-state index contributed by atoms with van der Waals surface area (Å²) in [5.41, 5.74) is 10.6. The van der Waals surface area contributed by atoms with Gasteiger partial charge < -0.3 is 10.7 Å². The van der Waals surface area contributed by atoms with E-state index in [0.29, 0.717) is 6.54 Å². The van der Waals surface area contributed by atoms with Gasteiger partial charge in [-0.1, -0.05) is 23.8 Å². The molecule has 3 N–H and O–H groups in total. The molecule has 2 aromatic rings. The van der Waals surface area contributed by atoms with Crippen molar-refractivity contribution in [2.45, 2.75) is 32.1 Å². The number of rotatable bonds is 3. The van der Waals surface area contributed by atoms with Gasteiger partial charge in [0.25, 0.3) is 0 Å². The lowest BCUT2D eigenvalue weighted by Gasteiger charge is -2.07. The highest BCUT2D eigenvalue weighted by Gasteiger charge is 2.45. The molecule has 1 aromatic carbocycles. The molecular weight excluding hydrogens is 222 g/mol. The van der Waals surface area contributed by atoms with Crippen molar-refractivity contribution in [1.29, 1.82) is 0 Å². The molecular formula is C15H19N3. The number of H-pyrrole nitrogens is 1. The molecule has 0 saturated heterocycles. The Morgan fingerprint density at radius 3 is 2.72 bits per heavy atom. The third-order valence-corrected chi connectivity index (χ3v) is 3.92. The molecule has 1 fully saturated rings. The van der Waals surface area contributed by atoms with Crippen LogP contribution in [0.5, 0.6) is 0 Å². The number of aryl methyl sites for hydroxylation is 2. The average molecular weight is 241 g/mol. The minimum Gasteiger partial charge on any atom is -0.345 e. The van der Waals surface area contributed by atoms with E-state index in [1.807, 2.05) is 0 Å². The Morgan fingerprint density at radius 2 is 2.11 bits per heavy atom. The second-order valence-corrected chi connectivity index (χ2v) is 5.41. The Bertz CT molecular complexity index is 579. The fourth-order valence-electron chi connectivity index (χ4n) is 2.47. The topological polar surface area (TPSA) is 54.7 Å². The second-order valence-electron chi connectivity index (χ2n) is 5.41. The van der Waals surface area contributed by atoms with Crippen LogP contribution < -0.4 is 5.73 Å². The lowest BCUT2D eigenvalue weighted by atomic mass is 10.1. The van der Waals surface area contributed by atoms with Crippen LogP contribution in [0.4, 0.5) is 0 Å². The molecule has 18 heavy (non-hydrogen) atoms. The Kier molecular flexibility index (Phi) is 2.52. The Hall–Kier alpha value is -1.61. The van der Waals surface area contributed by atoms with Gasteiger partial charge in [0.1, 0.15) is 5.82 Å². The van der Waals surface area contributed by atoms with Gasteiger partial charge in [-0.25, -0.2) is 4.98 Å². The Labute approximate surface area is 107 Å². The summed E-state index contributed by atoms with van der Waals surface area (Å²) >= 11 is 0. The van der Waals surface area contributed by atoms with Crippen molar-refractivity contribution in [1.82, 2.24) is 9.97 Å². The van der Waals surface area contributed by atoms with Crippen LogP contribution in [0, 0.1) is 13.8 Å². The van der Waals surface area contributed by atoms with E-state index < -0.39 is 0 Å². The summed E-state index contributed by atoms with van der Waals surface area (Å²) in [7, 11) is 0. The van der Waals surface area contributed by atoms with E-state index in [2.05, 4.69) is 43.1 Å². The maximum atomic E-state index is 5.86. The van der Waals surface area contributed by atoms with Crippen LogP contribution in [0.3, 0.4) is 0 Å². The van der Waals surface area contributed by atoms with Crippen LogP contribution in [-0.4, -0.2) is 16.5 Å². The minimum atomic E-state index is 0.132. The Morgan fingerprint density at radius 1 is 1.33 bits per heavy atom. The number of hydrogen-bond donors (Lipinski definition) is 2. The molecule has 3 nitrogen and oxygen atoms in total. The van der Waals surface area contributed by atoms with Gasteiger partial charge in [-0.3, -0.25) is 0 Å². The molecule has 94 valence electrons. The third-order valence-electron chi connectivity index (χ3n) is 3.92. The third kappa shape index (κ3) is 1.75. The van der Waals surface area contributed by atoms with Crippen molar-refractivity contribution in [3.63, 3.8) is 0 Å². The van der Waals surface area contributed by atoms with Gasteiger partial charge >= 0.3 is 0 Å². The quantitative estimate of drug-likeness (QED) is 0.868. The molecule has 1 saturated carbocycles. The maximum absolute atomic E-state index is 5.86. The number of nitrogens with one attached hydrogen (secondary N) is 1. The molecule has 1 aromatic heterocycles. The molecule has 3 rings (SSSR count). The number of nitrogens with two attached hydrogens (primary N) is 1. The van der Waals surface area contributed by atoms with Gasteiger partial charge in [0.15, 0.2) is 0 Å². The summed E-state index contributed by atoms with van der Waals surface area (Å²) in [5, 5.41) is 0. The zero-order valence-corrected chi connectivity index (χ0v) is 11.0. The van der Waals surface area contributed by atoms with Crippen LogP contribution >= 0.6 is 0 Å². The van der Waals surface area contributed by atoms with E-state index in [0.717, 1.165) is 30.1 Å². The summed E-state index contributed by atoms with van der Waals surface area (Å²) < 4.78 is 0. The number of nitrogens with zero attached hydrogens (tertiary/aromatic N) is 1. The van der Waals surface area contributed by atoms with Crippen molar-refractivity contribution in [2.24, 2.45) is 5.73 Å². The van der Waals surface area contributed by atoms with Gasteiger partial charge in [0, 0.05) is 23.2 Å². The predicted octanol–water partition coefficient (Wildman–Crippen LogP) is 2.68. The van der Waals surface area contributed by atoms with E-state index >= 15 is 0 Å². The first kappa shape index (κ1) is 11.5. The molecule has 3 heteroatoms. The maximum Gasteiger partial charge on any atom is 0.114 e. The first-order valence-corrected chi connectivity index (χ1v) is 6.49. The highest BCUT2D eigenvalue weighted by molar-refractivity contribution is 5.63.